The van der Waals surface area contributed by atoms with Crippen LogP contribution in [0, 0.1) is 0 Å². The fraction of sp³-hybridized carbons (Fsp3) is 0.250. The maximum Gasteiger partial charge on any atom is 0.261 e. The van der Waals surface area contributed by atoms with Crippen LogP contribution in [0.1, 0.15) is 36.5 Å². The molecule has 2 aromatic carbocycles. The molecule has 2 amide bonds. The Kier molecular flexibility index (Phi) is 9.06. The lowest BCUT2D eigenvalue weighted by Crippen LogP contribution is -2.34. The average Bonchev–Trinajstić information content (AvgIpc) is 2.65. The Balaban J connectivity index is 2.03. The largest absolute Gasteiger partial charge is 0.495 e. The van der Waals surface area contributed by atoms with Crippen molar-refractivity contribution in [1.29, 1.82) is 0 Å². The van der Waals surface area contributed by atoms with Crippen LogP contribution in [0.25, 0.3) is 0 Å². The van der Waals surface area contributed by atoms with Crippen molar-refractivity contribution in [2.45, 2.75) is 26.2 Å². The first-order chi connectivity index (χ1) is 13.8. The van der Waals surface area contributed by atoms with E-state index in [4.69, 9.17) is 17.0 Å². The second kappa shape index (κ2) is 11.3. The number of anilines is 2. The van der Waals surface area contributed by atoms with Crippen LogP contribution < -0.4 is 20.7 Å². The SMILES string of the molecule is CCCCC(=O)Nc1cccc(NC(=S)NC(=O)c2cc(Br)cc(Br)c2OC)c1. The lowest BCUT2D eigenvalue weighted by Gasteiger charge is -2.14. The second-order valence-electron chi connectivity index (χ2n) is 6.11. The van der Waals surface area contributed by atoms with Gasteiger partial charge in [-0.05, 0) is 64.9 Å². The number of unbranched alkanes of at least 4 members (excludes halogenated alkanes) is 1. The van der Waals surface area contributed by atoms with Crippen LogP contribution in [0.3, 0.4) is 0 Å². The molecule has 154 valence electrons. The minimum Gasteiger partial charge on any atom is -0.495 e. The number of hydrogen-bond acceptors (Lipinski definition) is 4. The molecule has 2 rings (SSSR count). The zero-order chi connectivity index (χ0) is 21.4. The summed E-state index contributed by atoms with van der Waals surface area (Å²) >= 11 is 12.0. The highest BCUT2D eigenvalue weighted by molar-refractivity contribution is 9.11. The maximum atomic E-state index is 12.6. The Morgan fingerprint density at radius 1 is 1.10 bits per heavy atom. The van der Waals surface area contributed by atoms with Crippen LogP contribution in [0.4, 0.5) is 11.4 Å². The van der Waals surface area contributed by atoms with Crippen molar-refractivity contribution in [3.63, 3.8) is 0 Å². The van der Waals surface area contributed by atoms with E-state index in [0.29, 0.717) is 33.6 Å². The molecular formula is C20H21Br2N3O3S. The van der Waals surface area contributed by atoms with Crippen molar-refractivity contribution in [3.8, 4) is 5.75 Å². The molecule has 0 radical (unpaired) electrons. The van der Waals surface area contributed by atoms with Crippen molar-refractivity contribution in [2.24, 2.45) is 0 Å². The molecule has 0 atom stereocenters. The van der Waals surface area contributed by atoms with Crippen LogP contribution in [-0.4, -0.2) is 24.0 Å². The molecular weight excluding hydrogens is 522 g/mol. The number of hydrogen-bond donors (Lipinski definition) is 3. The first-order valence-corrected chi connectivity index (χ1v) is 10.9. The number of nitrogens with one attached hydrogen (secondary N) is 3. The number of halogens is 2. The predicted octanol–water partition coefficient (Wildman–Crippen LogP) is 5.48. The van der Waals surface area contributed by atoms with Crippen molar-refractivity contribution in [1.82, 2.24) is 5.32 Å². The first kappa shape index (κ1) is 23.3. The zero-order valence-electron chi connectivity index (χ0n) is 16.0. The predicted molar refractivity (Wildman–Crippen MR) is 127 cm³/mol. The van der Waals surface area contributed by atoms with Crippen molar-refractivity contribution in [3.05, 3.63) is 50.9 Å². The Morgan fingerprint density at radius 2 is 1.79 bits per heavy atom. The summed E-state index contributed by atoms with van der Waals surface area (Å²) < 4.78 is 6.67. The van der Waals surface area contributed by atoms with Gasteiger partial charge in [0.15, 0.2) is 5.11 Å². The molecule has 0 saturated heterocycles. The van der Waals surface area contributed by atoms with E-state index in [1.807, 2.05) is 6.92 Å². The van der Waals surface area contributed by atoms with Crippen molar-refractivity contribution in [2.75, 3.05) is 17.7 Å². The normalized spacial score (nSPS) is 10.2. The van der Waals surface area contributed by atoms with Gasteiger partial charge in [-0.15, -0.1) is 0 Å². The van der Waals surface area contributed by atoms with E-state index in [2.05, 4.69) is 47.8 Å². The van der Waals surface area contributed by atoms with E-state index in [1.165, 1.54) is 7.11 Å². The van der Waals surface area contributed by atoms with Crippen LogP contribution >= 0.6 is 44.1 Å². The standard InChI is InChI=1S/C20H21Br2N3O3S/c1-3-4-8-17(26)23-13-6-5-7-14(11-13)24-20(29)25-19(27)15-9-12(21)10-16(22)18(15)28-2/h5-7,9-11H,3-4,8H2,1-2H3,(H,23,26)(H2,24,25,27,29). The molecule has 0 saturated carbocycles. The van der Waals surface area contributed by atoms with Crippen LogP contribution in [0.15, 0.2) is 45.3 Å². The molecule has 0 spiro atoms. The number of carbonyl (C=O) groups excluding carboxylic acids is 2. The highest BCUT2D eigenvalue weighted by Crippen LogP contribution is 2.32. The first-order valence-electron chi connectivity index (χ1n) is 8.89. The second-order valence-corrected chi connectivity index (χ2v) is 8.29. The summed E-state index contributed by atoms with van der Waals surface area (Å²) in [5.41, 5.74) is 1.63. The van der Waals surface area contributed by atoms with Gasteiger partial charge in [0.05, 0.1) is 17.1 Å². The highest BCUT2D eigenvalue weighted by atomic mass is 79.9. The van der Waals surface area contributed by atoms with Gasteiger partial charge >= 0.3 is 0 Å². The van der Waals surface area contributed by atoms with E-state index in [0.717, 1.165) is 17.3 Å². The smallest absolute Gasteiger partial charge is 0.261 e. The molecule has 2 aromatic rings. The van der Waals surface area contributed by atoms with Gasteiger partial charge < -0.3 is 15.4 Å². The van der Waals surface area contributed by atoms with Crippen LogP contribution in [-0.2, 0) is 4.79 Å². The fourth-order valence-electron chi connectivity index (χ4n) is 2.50. The Bertz CT molecular complexity index is 922. The Hall–Kier alpha value is -1.97. The number of ether oxygens (including phenoxy) is 1. The van der Waals surface area contributed by atoms with Crippen LogP contribution in [0.2, 0.25) is 0 Å². The van der Waals surface area contributed by atoms with Crippen molar-refractivity contribution >= 4 is 72.4 Å². The van der Waals surface area contributed by atoms with Gasteiger partial charge in [0.25, 0.3) is 5.91 Å². The summed E-state index contributed by atoms with van der Waals surface area (Å²) in [7, 11) is 1.49. The molecule has 0 heterocycles. The molecule has 0 bridgehead atoms. The molecule has 0 aliphatic rings. The monoisotopic (exact) mass is 541 g/mol. The molecule has 9 heteroatoms. The third-order valence-corrected chi connectivity index (χ3v) is 5.10. The van der Waals surface area contributed by atoms with Gasteiger partial charge in [-0.1, -0.05) is 35.3 Å². The van der Waals surface area contributed by atoms with E-state index in [1.54, 1.807) is 36.4 Å². The van der Waals surface area contributed by atoms with Crippen molar-refractivity contribution < 1.29 is 14.3 Å². The molecule has 3 N–H and O–H groups in total. The van der Waals surface area contributed by atoms with Gasteiger partial charge in [-0.25, -0.2) is 0 Å². The number of thiocarbonyl (C=S) groups is 1. The summed E-state index contributed by atoms with van der Waals surface area (Å²) in [6.45, 7) is 2.04. The number of benzene rings is 2. The molecule has 6 nitrogen and oxygen atoms in total. The topological polar surface area (TPSA) is 79.5 Å². The molecule has 0 unspecified atom stereocenters. The summed E-state index contributed by atoms with van der Waals surface area (Å²) in [5, 5.41) is 8.56. The van der Waals surface area contributed by atoms with E-state index in [9.17, 15) is 9.59 Å². The summed E-state index contributed by atoms with van der Waals surface area (Å²) in [4.78, 5) is 24.5. The van der Waals surface area contributed by atoms with E-state index in [-0.39, 0.29) is 11.0 Å². The average molecular weight is 543 g/mol. The number of methoxy groups -OCH3 is 1. The fourth-order valence-corrected chi connectivity index (χ4v) is 4.10. The van der Waals surface area contributed by atoms with E-state index >= 15 is 0 Å². The van der Waals surface area contributed by atoms with Gasteiger partial charge in [0, 0.05) is 22.3 Å². The molecule has 29 heavy (non-hydrogen) atoms. The molecule has 0 aromatic heterocycles. The van der Waals surface area contributed by atoms with Gasteiger partial charge in [-0.3, -0.25) is 14.9 Å². The number of amides is 2. The number of rotatable bonds is 7. The van der Waals surface area contributed by atoms with E-state index < -0.39 is 5.91 Å². The lowest BCUT2D eigenvalue weighted by atomic mass is 10.2. The third-order valence-electron chi connectivity index (χ3n) is 3.85. The van der Waals surface area contributed by atoms with Gasteiger partial charge in [0.2, 0.25) is 5.91 Å². The quantitative estimate of drug-likeness (QED) is 0.404. The summed E-state index contributed by atoms with van der Waals surface area (Å²) in [5.74, 6) is -0.0390. The van der Waals surface area contributed by atoms with Gasteiger partial charge in [0.1, 0.15) is 5.75 Å². The minimum atomic E-state index is -0.412. The molecule has 0 aliphatic carbocycles. The lowest BCUT2D eigenvalue weighted by molar-refractivity contribution is -0.116. The number of carbonyl (C=O) groups is 2. The van der Waals surface area contributed by atoms with Gasteiger partial charge in [-0.2, -0.15) is 0 Å². The molecule has 0 fully saturated rings. The summed E-state index contributed by atoms with van der Waals surface area (Å²) in [6.07, 6.45) is 2.28. The summed E-state index contributed by atoms with van der Waals surface area (Å²) in [6, 6.07) is 10.5. The molecule has 0 aliphatic heterocycles. The maximum absolute atomic E-state index is 12.6. The Morgan fingerprint density at radius 3 is 2.45 bits per heavy atom. The minimum absolute atomic E-state index is 0.0350. The zero-order valence-corrected chi connectivity index (χ0v) is 20.0. The Labute approximate surface area is 192 Å². The third kappa shape index (κ3) is 7.09. The highest BCUT2D eigenvalue weighted by Gasteiger charge is 2.17. The van der Waals surface area contributed by atoms with Crippen LogP contribution in [0.5, 0.6) is 5.75 Å².